The van der Waals surface area contributed by atoms with Crippen LogP contribution in [0.5, 0.6) is 0 Å². The lowest BCUT2D eigenvalue weighted by molar-refractivity contribution is -0.00588. The highest BCUT2D eigenvalue weighted by Crippen LogP contribution is 2.41. The molecule has 1 amide bonds. The van der Waals surface area contributed by atoms with Crippen molar-refractivity contribution in [1.82, 2.24) is 4.90 Å². The molecule has 2 aromatic carbocycles. The van der Waals surface area contributed by atoms with E-state index in [1.165, 1.54) is 35.9 Å². The minimum Gasteiger partial charge on any atom is -0.394 e. The normalized spacial score (nSPS) is 23.2. The Balaban J connectivity index is 1.56. The number of hydrogen-bond donors (Lipinski definition) is 1. The fourth-order valence-corrected chi connectivity index (χ4v) is 3.66. The maximum absolute atomic E-state index is 13.5. The minimum atomic E-state index is -0.712. The maximum Gasteiger partial charge on any atom is 0.255 e. The lowest BCUT2D eigenvalue weighted by atomic mass is 9.75. The molecule has 2 aromatic rings. The molecule has 28 heavy (non-hydrogen) atoms. The van der Waals surface area contributed by atoms with Crippen LogP contribution in [0.3, 0.4) is 0 Å². The number of carbonyl (C=O) groups excluding carboxylic acids is 1. The van der Waals surface area contributed by atoms with Crippen LogP contribution in [-0.4, -0.2) is 34.6 Å². The van der Waals surface area contributed by atoms with Gasteiger partial charge in [-0.2, -0.15) is 5.26 Å². The van der Waals surface area contributed by atoms with E-state index >= 15 is 0 Å². The highest BCUT2D eigenvalue weighted by atomic mass is 19.1. The summed E-state index contributed by atoms with van der Waals surface area (Å²) in [6.45, 7) is -0.271. The number of halogens is 1. The van der Waals surface area contributed by atoms with Gasteiger partial charge in [0.2, 0.25) is 0 Å². The number of likely N-dealkylation sites (tertiary alicyclic amines) is 1. The summed E-state index contributed by atoms with van der Waals surface area (Å²) in [5.41, 5.74) is 1.96. The second-order valence-electron chi connectivity index (χ2n) is 7.24. The van der Waals surface area contributed by atoms with Crippen molar-refractivity contribution in [1.29, 1.82) is 5.26 Å². The average Bonchev–Trinajstić information content (AvgIpc) is 3.52. The van der Waals surface area contributed by atoms with Gasteiger partial charge in [-0.05, 0) is 48.7 Å². The lowest BCUT2D eigenvalue weighted by Crippen LogP contribution is -2.65. The fourth-order valence-electron chi connectivity index (χ4n) is 3.66. The summed E-state index contributed by atoms with van der Waals surface area (Å²) in [6.07, 6.45) is 2.34. The molecule has 0 spiro atoms. The monoisotopic (exact) mass is 374 g/mol. The second-order valence-corrected chi connectivity index (χ2v) is 7.24. The van der Waals surface area contributed by atoms with Gasteiger partial charge in [0.05, 0.1) is 18.7 Å². The van der Waals surface area contributed by atoms with Crippen molar-refractivity contribution in [2.45, 2.75) is 30.8 Å². The minimum absolute atomic E-state index is 0.169. The molecular formula is C23H19FN2O2. The predicted octanol–water partition coefficient (Wildman–Crippen LogP) is 3.08. The van der Waals surface area contributed by atoms with Crippen molar-refractivity contribution in [3.63, 3.8) is 0 Å². The van der Waals surface area contributed by atoms with E-state index in [-0.39, 0.29) is 18.1 Å². The van der Waals surface area contributed by atoms with Gasteiger partial charge in [0.1, 0.15) is 11.9 Å². The summed E-state index contributed by atoms with van der Waals surface area (Å²) in [7, 11) is 0. The second kappa shape index (κ2) is 7.46. The summed E-state index contributed by atoms with van der Waals surface area (Å²) in [5, 5.41) is 19.5. The highest BCUT2D eigenvalue weighted by molar-refractivity contribution is 5.95. The van der Waals surface area contributed by atoms with Gasteiger partial charge in [-0.1, -0.05) is 30.0 Å². The van der Waals surface area contributed by atoms with Crippen LogP contribution in [-0.2, 0) is 0 Å². The zero-order valence-electron chi connectivity index (χ0n) is 15.2. The van der Waals surface area contributed by atoms with E-state index in [0.29, 0.717) is 5.92 Å². The smallest absolute Gasteiger partial charge is 0.255 e. The summed E-state index contributed by atoms with van der Waals surface area (Å²) >= 11 is 0. The first kappa shape index (κ1) is 18.2. The molecule has 1 N–H and O–H groups in total. The molecular weight excluding hydrogens is 355 g/mol. The van der Waals surface area contributed by atoms with E-state index in [2.05, 4.69) is 17.9 Å². The van der Waals surface area contributed by atoms with Gasteiger partial charge in [-0.25, -0.2) is 4.39 Å². The van der Waals surface area contributed by atoms with E-state index < -0.39 is 23.8 Å². The largest absolute Gasteiger partial charge is 0.394 e. The molecule has 4 nitrogen and oxygen atoms in total. The van der Waals surface area contributed by atoms with Crippen LogP contribution < -0.4 is 0 Å². The third-order valence-electron chi connectivity index (χ3n) is 5.33. The van der Waals surface area contributed by atoms with Crippen molar-refractivity contribution in [3.8, 4) is 17.9 Å². The summed E-state index contributed by atoms with van der Waals surface area (Å²) in [5.74, 6) is 5.62. The summed E-state index contributed by atoms with van der Waals surface area (Å²) < 4.78 is 13.5. The van der Waals surface area contributed by atoms with Gasteiger partial charge in [0.25, 0.3) is 5.91 Å². The SMILES string of the molecule is N#C[C@@H]1[C@@H](c2ccc(C#CC3CC3)cc2)[C@H](CO)N1C(=O)c1cccc(F)c1. The molecule has 0 aromatic heterocycles. The molecule has 2 fully saturated rings. The van der Waals surface area contributed by atoms with E-state index in [4.69, 9.17) is 0 Å². The van der Waals surface area contributed by atoms with Crippen LogP contribution in [0.4, 0.5) is 4.39 Å². The van der Waals surface area contributed by atoms with E-state index in [1.807, 2.05) is 24.3 Å². The number of rotatable bonds is 3. The zero-order valence-corrected chi connectivity index (χ0v) is 15.2. The molecule has 5 heteroatoms. The van der Waals surface area contributed by atoms with Gasteiger partial charge >= 0.3 is 0 Å². The molecule has 4 rings (SSSR count). The topological polar surface area (TPSA) is 64.3 Å². The van der Waals surface area contributed by atoms with Crippen LogP contribution in [0.1, 0.15) is 40.2 Å². The molecule has 1 heterocycles. The Morgan fingerprint density at radius 2 is 1.96 bits per heavy atom. The molecule has 1 saturated heterocycles. The van der Waals surface area contributed by atoms with Crippen molar-refractivity contribution in [3.05, 3.63) is 71.0 Å². The zero-order chi connectivity index (χ0) is 19.7. The Morgan fingerprint density at radius 1 is 1.21 bits per heavy atom. The molecule has 0 bridgehead atoms. The third kappa shape index (κ3) is 3.38. The van der Waals surface area contributed by atoms with Crippen molar-refractivity contribution in [2.24, 2.45) is 5.92 Å². The third-order valence-corrected chi connectivity index (χ3v) is 5.33. The van der Waals surface area contributed by atoms with Gasteiger partial charge < -0.3 is 10.0 Å². The number of hydrogen-bond acceptors (Lipinski definition) is 3. The van der Waals surface area contributed by atoms with Crippen molar-refractivity contribution in [2.75, 3.05) is 6.61 Å². The maximum atomic E-state index is 13.5. The quantitative estimate of drug-likeness (QED) is 0.840. The van der Waals surface area contributed by atoms with Crippen LogP contribution in [0.2, 0.25) is 0 Å². The Bertz CT molecular complexity index is 996. The molecule has 140 valence electrons. The number of aliphatic hydroxyl groups is 1. The van der Waals surface area contributed by atoms with Gasteiger partial charge in [0.15, 0.2) is 0 Å². The van der Waals surface area contributed by atoms with Crippen LogP contribution in [0.25, 0.3) is 0 Å². The number of carbonyl (C=O) groups is 1. The Kier molecular flexibility index (Phi) is 4.86. The summed E-state index contributed by atoms with van der Waals surface area (Å²) in [6, 6.07) is 13.9. The Morgan fingerprint density at radius 3 is 2.57 bits per heavy atom. The molecule has 1 aliphatic heterocycles. The highest BCUT2D eigenvalue weighted by Gasteiger charge is 2.51. The standard InChI is InChI=1S/C23H19FN2O2/c24-19-3-1-2-18(12-19)23(28)26-20(13-25)22(21(26)14-27)17-10-8-16(9-11-17)7-6-15-4-5-15/h1-3,8-12,15,20-22,27H,4-5,14H2/t20-,21+,22-/m1/s1. The Hall–Kier alpha value is -3.15. The Labute approximate surface area is 163 Å². The predicted molar refractivity (Wildman–Crippen MR) is 102 cm³/mol. The van der Waals surface area contributed by atoms with Crippen LogP contribution >= 0.6 is 0 Å². The van der Waals surface area contributed by atoms with E-state index in [1.54, 1.807) is 0 Å². The molecule has 0 unspecified atom stereocenters. The number of aliphatic hydroxyl groups excluding tert-OH is 1. The number of benzene rings is 2. The van der Waals surface area contributed by atoms with Crippen molar-refractivity contribution >= 4 is 5.91 Å². The van der Waals surface area contributed by atoms with E-state index in [0.717, 1.165) is 17.2 Å². The lowest BCUT2D eigenvalue weighted by Gasteiger charge is -2.51. The van der Waals surface area contributed by atoms with Crippen LogP contribution in [0, 0.1) is 34.9 Å². The first-order chi connectivity index (χ1) is 13.6. The molecule has 0 radical (unpaired) electrons. The number of nitrogens with zero attached hydrogens (tertiary/aromatic N) is 2. The average molecular weight is 374 g/mol. The van der Waals surface area contributed by atoms with Crippen LogP contribution in [0.15, 0.2) is 48.5 Å². The fraction of sp³-hybridized carbons (Fsp3) is 0.304. The number of nitriles is 1. The molecule has 1 aliphatic carbocycles. The molecule has 3 atom stereocenters. The summed E-state index contributed by atoms with van der Waals surface area (Å²) in [4.78, 5) is 14.1. The first-order valence-electron chi connectivity index (χ1n) is 9.32. The first-order valence-corrected chi connectivity index (χ1v) is 9.32. The number of amides is 1. The molecule has 2 aliphatic rings. The molecule has 1 saturated carbocycles. The van der Waals surface area contributed by atoms with Crippen molar-refractivity contribution < 1.29 is 14.3 Å². The van der Waals surface area contributed by atoms with Gasteiger partial charge in [-0.15, -0.1) is 0 Å². The van der Waals surface area contributed by atoms with E-state index in [9.17, 15) is 19.6 Å². The van der Waals surface area contributed by atoms with Gasteiger partial charge in [-0.3, -0.25) is 4.79 Å². The van der Waals surface area contributed by atoms with Gasteiger partial charge in [0, 0.05) is 23.0 Å².